The lowest BCUT2D eigenvalue weighted by molar-refractivity contribution is 0.667. The van der Waals surface area contributed by atoms with Gasteiger partial charge in [-0.1, -0.05) is 115 Å². The molecule has 0 radical (unpaired) electrons. The molecule has 0 N–H and O–H groups in total. The Labute approximate surface area is 298 Å². The van der Waals surface area contributed by atoms with Crippen molar-refractivity contribution < 1.29 is 4.42 Å². The van der Waals surface area contributed by atoms with Crippen LogP contribution in [0.4, 0.5) is 17.1 Å². The quantitative estimate of drug-likeness (QED) is 0.176. The molecule has 0 saturated heterocycles. The van der Waals surface area contributed by atoms with Crippen LogP contribution in [0.25, 0.3) is 76.0 Å². The molecule has 0 saturated carbocycles. The van der Waals surface area contributed by atoms with E-state index in [9.17, 15) is 0 Å². The van der Waals surface area contributed by atoms with E-state index in [4.69, 9.17) is 14.4 Å². The van der Waals surface area contributed by atoms with Gasteiger partial charge < -0.3 is 9.32 Å². The number of fused-ring (bicyclic) bond motifs is 6. The topological polar surface area (TPSA) is 42.2 Å². The zero-order valence-electron chi connectivity index (χ0n) is 27.4. The van der Waals surface area contributed by atoms with Gasteiger partial charge in [0.1, 0.15) is 16.8 Å². The molecular formula is C46H29N3OS. The zero-order chi connectivity index (χ0) is 33.7. The number of aromatic nitrogens is 2. The standard InChI is InChI=1S/C46H29N3OS/c1-4-13-30(14-5-1)31-23-25-34(26-24-31)49(33-17-8-3-9-18-33)35-27-28-40-38(29-35)42-37(20-12-22-41(42)51-40)46-47-43(32-15-6-2-7-16-32)45-44(48-46)36-19-10-11-21-39(36)50-45/h1-29H. The first-order valence-electron chi connectivity index (χ1n) is 17.0. The number of furan rings is 1. The van der Waals surface area contributed by atoms with E-state index >= 15 is 0 Å². The number of hydrogen-bond acceptors (Lipinski definition) is 5. The smallest absolute Gasteiger partial charge is 0.180 e. The summed E-state index contributed by atoms with van der Waals surface area (Å²) in [6.07, 6.45) is 0. The van der Waals surface area contributed by atoms with Crippen LogP contribution in [0, 0.1) is 0 Å². The molecule has 0 spiro atoms. The van der Waals surface area contributed by atoms with E-state index in [-0.39, 0.29) is 0 Å². The summed E-state index contributed by atoms with van der Waals surface area (Å²) in [5, 5.41) is 3.31. The summed E-state index contributed by atoms with van der Waals surface area (Å²) in [5.41, 5.74) is 10.8. The first-order chi connectivity index (χ1) is 25.3. The first kappa shape index (κ1) is 29.4. The second-order valence-corrected chi connectivity index (χ2v) is 13.7. The number of nitrogens with zero attached hydrogens (tertiary/aromatic N) is 3. The van der Waals surface area contributed by atoms with Crippen LogP contribution >= 0.6 is 11.3 Å². The van der Waals surface area contributed by atoms with Crippen LogP contribution in [-0.4, -0.2) is 9.97 Å². The van der Waals surface area contributed by atoms with Gasteiger partial charge in [0, 0.05) is 53.7 Å². The van der Waals surface area contributed by atoms with E-state index in [1.165, 1.54) is 25.9 Å². The van der Waals surface area contributed by atoms with E-state index in [0.29, 0.717) is 11.4 Å². The summed E-state index contributed by atoms with van der Waals surface area (Å²) < 4.78 is 8.81. The Morgan fingerprint density at radius 3 is 1.90 bits per heavy atom. The average molecular weight is 672 g/mol. The lowest BCUT2D eigenvalue weighted by Crippen LogP contribution is -2.09. The highest BCUT2D eigenvalue weighted by Gasteiger charge is 2.21. The minimum atomic E-state index is 0.681. The summed E-state index contributed by atoms with van der Waals surface area (Å²) in [6.45, 7) is 0. The molecule has 4 nitrogen and oxygen atoms in total. The summed E-state index contributed by atoms with van der Waals surface area (Å²) in [6, 6.07) is 61.5. The van der Waals surface area contributed by atoms with Crippen molar-refractivity contribution in [2.75, 3.05) is 4.90 Å². The Bertz CT molecular complexity index is 2840. The maximum absolute atomic E-state index is 6.40. The van der Waals surface area contributed by atoms with Gasteiger partial charge in [0.15, 0.2) is 11.4 Å². The van der Waals surface area contributed by atoms with Crippen LogP contribution in [0.2, 0.25) is 0 Å². The Hall–Kier alpha value is -6.56. The van der Waals surface area contributed by atoms with Crippen LogP contribution in [0.1, 0.15) is 0 Å². The molecule has 0 unspecified atom stereocenters. The molecule has 3 heterocycles. The molecule has 0 aliphatic carbocycles. The molecule has 0 aliphatic heterocycles. The molecule has 0 aliphatic rings. The number of benzene rings is 7. The molecule has 7 aromatic carbocycles. The van der Waals surface area contributed by atoms with Gasteiger partial charge in [-0.15, -0.1) is 11.3 Å². The van der Waals surface area contributed by atoms with Gasteiger partial charge in [-0.25, -0.2) is 9.97 Å². The fourth-order valence-corrected chi connectivity index (χ4v) is 8.21. The number of hydrogen-bond donors (Lipinski definition) is 0. The monoisotopic (exact) mass is 671 g/mol. The third kappa shape index (κ3) is 5.06. The van der Waals surface area contributed by atoms with E-state index in [0.717, 1.165) is 55.8 Å². The van der Waals surface area contributed by atoms with Crippen LogP contribution < -0.4 is 4.90 Å². The third-order valence-corrected chi connectivity index (χ3v) is 10.6. The van der Waals surface area contributed by atoms with Gasteiger partial charge in [0.2, 0.25) is 0 Å². The van der Waals surface area contributed by atoms with Gasteiger partial charge in [-0.2, -0.15) is 0 Å². The Balaban J connectivity index is 1.17. The highest BCUT2D eigenvalue weighted by atomic mass is 32.1. The van der Waals surface area contributed by atoms with Gasteiger partial charge in [0.05, 0.1) is 0 Å². The molecule has 10 aromatic rings. The Kier molecular flexibility index (Phi) is 6.96. The van der Waals surface area contributed by atoms with Crippen molar-refractivity contribution >= 4 is 70.6 Å². The Morgan fingerprint density at radius 2 is 1.12 bits per heavy atom. The van der Waals surface area contributed by atoms with Gasteiger partial charge in [-0.3, -0.25) is 0 Å². The normalized spacial score (nSPS) is 11.5. The fourth-order valence-electron chi connectivity index (χ4n) is 7.10. The van der Waals surface area contributed by atoms with Crippen molar-refractivity contribution in [3.05, 3.63) is 176 Å². The molecule has 5 heteroatoms. The summed E-state index contributed by atoms with van der Waals surface area (Å²) in [5.74, 6) is 0.681. The largest absolute Gasteiger partial charge is 0.452 e. The van der Waals surface area contributed by atoms with Gasteiger partial charge in [-0.05, 0) is 71.8 Å². The molecule has 0 atom stereocenters. The minimum absolute atomic E-state index is 0.681. The number of thiophene rings is 1. The highest BCUT2D eigenvalue weighted by Crippen LogP contribution is 2.44. The van der Waals surface area contributed by atoms with Crippen LogP contribution in [0.3, 0.4) is 0 Å². The predicted octanol–water partition coefficient (Wildman–Crippen LogP) is 13.2. The van der Waals surface area contributed by atoms with E-state index < -0.39 is 0 Å². The second kappa shape index (κ2) is 12.1. The first-order valence-corrected chi connectivity index (χ1v) is 17.8. The molecular weight excluding hydrogens is 643 g/mol. The fraction of sp³-hybridized carbons (Fsp3) is 0. The third-order valence-electron chi connectivity index (χ3n) is 9.49. The molecule has 0 bridgehead atoms. The maximum atomic E-state index is 6.40. The van der Waals surface area contributed by atoms with Crippen molar-refractivity contribution in [3.63, 3.8) is 0 Å². The van der Waals surface area contributed by atoms with Crippen molar-refractivity contribution in [2.24, 2.45) is 0 Å². The minimum Gasteiger partial charge on any atom is -0.452 e. The molecule has 3 aromatic heterocycles. The van der Waals surface area contributed by atoms with Gasteiger partial charge in [0.25, 0.3) is 0 Å². The van der Waals surface area contributed by atoms with Crippen molar-refractivity contribution in [1.29, 1.82) is 0 Å². The van der Waals surface area contributed by atoms with E-state index in [1.807, 2.05) is 36.4 Å². The average Bonchev–Trinajstić information content (AvgIpc) is 3.77. The van der Waals surface area contributed by atoms with Crippen molar-refractivity contribution in [1.82, 2.24) is 9.97 Å². The zero-order valence-corrected chi connectivity index (χ0v) is 28.2. The SMILES string of the molecule is c1ccc(-c2ccc(N(c3ccccc3)c3ccc4sc5cccc(-c6nc(-c7ccccc7)c7oc8ccccc8c7n6)c5c4c3)cc2)cc1. The molecule has 0 amide bonds. The van der Waals surface area contributed by atoms with Crippen molar-refractivity contribution in [2.45, 2.75) is 0 Å². The second-order valence-electron chi connectivity index (χ2n) is 12.6. The maximum Gasteiger partial charge on any atom is 0.180 e. The van der Waals surface area contributed by atoms with Crippen molar-refractivity contribution in [3.8, 4) is 33.8 Å². The predicted molar refractivity (Wildman–Crippen MR) is 213 cm³/mol. The summed E-state index contributed by atoms with van der Waals surface area (Å²) in [7, 11) is 0. The number of anilines is 3. The van der Waals surface area contributed by atoms with E-state index in [2.05, 4.69) is 144 Å². The lowest BCUT2D eigenvalue weighted by Gasteiger charge is -2.26. The van der Waals surface area contributed by atoms with Crippen LogP contribution in [0.5, 0.6) is 0 Å². The summed E-state index contributed by atoms with van der Waals surface area (Å²) >= 11 is 1.80. The summed E-state index contributed by atoms with van der Waals surface area (Å²) in [4.78, 5) is 12.8. The van der Waals surface area contributed by atoms with Gasteiger partial charge >= 0.3 is 0 Å². The lowest BCUT2D eigenvalue weighted by atomic mass is 10.0. The molecule has 51 heavy (non-hydrogen) atoms. The highest BCUT2D eigenvalue weighted by molar-refractivity contribution is 7.26. The Morgan fingerprint density at radius 1 is 0.471 bits per heavy atom. The van der Waals surface area contributed by atoms with Crippen LogP contribution in [-0.2, 0) is 0 Å². The number of rotatable bonds is 6. The van der Waals surface area contributed by atoms with E-state index in [1.54, 1.807) is 11.3 Å². The molecule has 240 valence electrons. The molecule has 0 fully saturated rings. The van der Waals surface area contributed by atoms with Crippen LogP contribution in [0.15, 0.2) is 180 Å². The number of para-hydroxylation sites is 2. The molecule has 10 rings (SSSR count).